The predicted molar refractivity (Wildman–Crippen MR) is 105 cm³/mol. The van der Waals surface area contributed by atoms with Crippen LogP contribution in [0.5, 0.6) is 0 Å². The van der Waals surface area contributed by atoms with Crippen LogP contribution in [-0.2, 0) is 10.5 Å². The summed E-state index contributed by atoms with van der Waals surface area (Å²) in [5.74, 6) is 0.300. The van der Waals surface area contributed by atoms with E-state index >= 15 is 0 Å². The lowest BCUT2D eigenvalue weighted by molar-refractivity contribution is -0.139. The van der Waals surface area contributed by atoms with E-state index in [0.717, 1.165) is 18.6 Å². The summed E-state index contributed by atoms with van der Waals surface area (Å²) in [4.78, 5) is 26.9. The number of aliphatic carboxylic acids is 1. The molecule has 2 amide bonds. The molecule has 0 spiro atoms. The third kappa shape index (κ3) is 7.03. The molecule has 1 fully saturated rings. The molecule has 1 saturated heterocycles. The van der Waals surface area contributed by atoms with Gasteiger partial charge in [-0.25, -0.2) is 9.18 Å². The quantitative estimate of drug-likeness (QED) is 0.627. The number of halogens is 1. The smallest absolute Gasteiger partial charge is 0.317 e. The van der Waals surface area contributed by atoms with Crippen molar-refractivity contribution in [3.63, 3.8) is 0 Å². The number of nitrogens with one attached hydrogen (secondary N) is 1. The monoisotopic (exact) mass is 397 g/mol. The molecule has 2 N–H and O–H groups in total. The molecule has 0 aliphatic carbocycles. The molecular formula is C19H28FN3O3S. The van der Waals surface area contributed by atoms with Crippen molar-refractivity contribution in [2.45, 2.75) is 31.6 Å². The van der Waals surface area contributed by atoms with E-state index in [9.17, 15) is 14.0 Å². The number of benzene rings is 1. The zero-order valence-electron chi connectivity index (χ0n) is 15.7. The zero-order valence-corrected chi connectivity index (χ0v) is 16.5. The molecule has 2 rings (SSSR count). The van der Waals surface area contributed by atoms with E-state index in [1.807, 2.05) is 17.9 Å². The minimum absolute atomic E-state index is 0.0482. The topological polar surface area (TPSA) is 72.9 Å². The molecule has 1 aliphatic rings. The Kier molecular flexibility index (Phi) is 8.87. The van der Waals surface area contributed by atoms with E-state index in [1.165, 1.54) is 6.07 Å². The first-order chi connectivity index (χ1) is 13.0. The van der Waals surface area contributed by atoms with Crippen LogP contribution in [0.15, 0.2) is 24.3 Å². The Bertz CT molecular complexity index is 624. The molecule has 8 heteroatoms. The van der Waals surface area contributed by atoms with Gasteiger partial charge in [-0.05, 0) is 31.0 Å². The van der Waals surface area contributed by atoms with Crippen LogP contribution in [0.1, 0.15) is 25.3 Å². The second-order valence-corrected chi connectivity index (χ2v) is 7.66. The van der Waals surface area contributed by atoms with Gasteiger partial charge in [0.2, 0.25) is 0 Å². The van der Waals surface area contributed by atoms with Crippen LogP contribution in [0.3, 0.4) is 0 Å². The maximum Gasteiger partial charge on any atom is 0.317 e. The number of carbonyl (C=O) groups excluding carboxylic acids is 1. The van der Waals surface area contributed by atoms with Gasteiger partial charge in [0, 0.05) is 37.2 Å². The highest BCUT2D eigenvalue weighted by Crippen LogP contribution is 2.17. The van der Waals surface area contributed by atoms with Crippen LogP contribution in [0.4, 0.5) is 9.18 Å². The maximum absolute atomic E-state index is 13.5. The van der Waals surface area contributed by atoms with Crippen LogP contribution in [0, 0.1) is 5.82 Å². The summed E-state index contributed by atoms with van der Waals surface area (Å²) in [6.45, 7) is 4.51. The number of amides is 2. The van der Waals surface area contributed by atoms with E-state index in [2.05, 4.69) is 5.32 Å². The number of likely N-dealkylation sites (N-methyl/N-ethyl adjacent to an activating group) is 1. The molecule has 1 aromatic rings. The molecule has 0 saturated carbocycles. The number of hydrogen-bond donors (Lipinski definition) is 2. The summed E-state index contributed by atoms with van der Waals surface area (Å²) in [6, 6.07) is 6.86. The molecule has 6 nitrogen and oxygen atoms in total. The number of carboxylic acids is 1. The van der Waals surface area contributed by atoms with Gasteiger partial charge in [-0.15, -0.1) is 0 Å². The van der Waals surface area contributed by atoms with Crippen LogP contribution < -0.4 is 5.32 Å². The van der Waals surface area contributed by atoms with Gasteiger partial charge in [0.25, 0.3) is 0 Å². The van der Waals surface area contributed by atoms with E-state index in [0.29, 0.717) is 37.5 Å². The Morgan fingerprint density at radius 3 is 2.67 bits per heavy atom. The van der Waals surface area contributed by atoms with Crippen LogP contribution in [0.2, 0.25) is 0 Å². The number of hydrogen-bond acceptors (Lipinski definition) is 4. The van der Waals surface area contributed by atoms with Crippen molar-refractivity contribution in [1.82, 2.24) is 15.1 Å². The molecular weight excluding hydrogens is 369 g/mol. The molecule has 1 aromatic carbocycles. The van der Waals surface area contributed by atoms with Gasteiger partial charge in [0.05, 0.1) is 6.54 Å². The highest BCUT2D eigenvalue weighted by atomic mass is 32.2. The maximum atomic E-state index is 13.5. The minimum Gasteiger partial charge on any atom is -0.480 e. The van der Waals surface area contributed by atoms with Gasteiger partial charge in [0.1, 0.15) is 5.82 Å². The largest absolute Gasteiger partial charge is 0.480 e. The second kappa shape index (κ2) is 11.1. The average Bonchev–Trinajstić information content (AvgIpc) is 2.67. The normalized spacial score (nSPS) is 15.1. The first kappa shape index (κ1) is 21.5. The Balaban J connectivity index is 1.63. The number of carboxylic acid groups (broad SMARTS) is 1. The first-order valence-electron chi connectivity index (χ1n) is 9.31. The van der Waals surface area contributed by atoms with E-state index in [4.69, 9.17) is 5.11 Å². The van der Waals surface area contributed by atoms with Crippen LogP contribution >= 0.6 is 11.8 Å². The Morgan fingerprint density at radius 2 is 2.04 bits per heavy atom. The third-order valence-corrected chi connectivity index (χ3v) is 5.76. The Morgan fingerprint density at radius 1 is 1.33 bits per heavy atom. The summed E-state index contributed by atoms with van der Waals surface area (Å²) < 4.78 is 13.5. The molecule has 150 valence electrons. The van der Waals surface area contributed by atoms with Gasteiger partial charge in [-0.1, -0.05) is 25.1 Å². The first-order valence-corrected chi connectivity index (χ1v) is 10.5. The van der Waals surface area contributed by atoms with Crippen molar-refractivity contribution >= 4 is 23.8 Å². The van der Waals surface area contributed by atoms with Crippen molar-refractivity contribution in [1.29, 1.82) is 0 Å². The molecule has 0 unspecified atom stereocenters. The molecule has 0 atom stereocenters. The SMILES string of the molecule is CCN(CC(=O)O)C1CCN(C(=O)NCCSCc2ccccc2F)CC1. The average molecular weight is 398 g/mol. The van der Waals surface area contributed by atoms with Crippen molar-refractivity contribution in [3.8, 4) is 0 Å². The van der Waals surface area contributed by atoms with Gasteiger partial charge in [0.15, 0.2) is 0 Å². The van der Waals surface area contributed by atoms with Crippen molar-refractivity contribution in [3.05, 3.63) is 35.6 Å². The summed E-state index contributed by atoms with van der Waals surface area (Å²) in [5, 5.41) is 11.9. The summed E-state index contributed by atoms with van der Waals surface area (Å²) in [6.07, 6.45) is 1.58. The fraction of sp³-hybridized carbons (Fsp3) is 0.579. The minimum atomic E-state index is -0.815. The number of carbonyl (C=O) groups is 2. The van der Waals surface area contributed by atoms with Gasteiger partial charge in [-0.2, -0.15) is 11.8 Å². The molecule has 0 aromatic heterocycles. The van der Waals surface area contributed by atoms with Crippen LogP contribution in [-0.4, -0.2) is 71.4 Å². The lowest BCUT2D eigenvalue weighted by Gasteiger charge is -2.37. The Hall–Kier alpha value is -1.80. The van der Waals surface area contributed by atoms with Gasteiger partial charge < -0.3 is 15.3 Å². The van der Waals surface area contributed by atoms with E-state index in [1.54, 1.807) is 28.8 Å². The number of likely N-dealkylation sites (tertiary alicyclic amines) is 1. The second-order valence-electron chi connectivity index (χ2n) is 6.55. The fourth-order valence-electron chi connectivity index (χ4n) is 3.25. The number of urea groups is 1. The van der Waals surface area contributed by atoms with Crippen molar-refractivity contribution in [2.75, 3.05) is 38.5 Å². The fourth-order valence-corrected chi connectivity index (χ4v) is 4.09. The van der Waals surface area contributed by atoms with E-state index < -0.39 is 5.97 Å². The molecule has 27 heavy (non-hydrogen) atoms. The summed E-state index contributed by atoms with van der Waals surface area (Å²) in [7, 11) is 0. The zero-order chi connectivity index (χ0) is 19.6. The highest BCUT2D eigenvalue weighted by Gasteiger charge is 2.27. The lowest BCUT2D eigenvalue weighted by Crippen LogP contribution is -2.50. The van der Waals surface area contributed by atoms with Gasteiger partial charge >= 0.3 is 12.0 Å². The number of thioether (sulfide) groups is 1. The van der Waals surface area contributed by atoms with E-state index in [-0.39, 0.29) is 24.4 Å². The molecule has 0 radical (unpaired) electrons. The molecule has 1 aliphatic heterocycles. The molecule has 0 bridgehead atoms. The van der Waals surface area contributed by atoms with Crippen molar-refractivity contribution in [2.24, 2.45) is 0 Å². The third-order valence-electron chi connectivity index (χ3n) is 4.75. The number of nitrogens with zero attached hydrogens (tertiary/aromatic N) is 2. The number of piperidine rings is 1. The lowest BCUT2D eigenvalue weighted by atomic mass is 10.0. The summed E-state index contributed by atoms with van der Waals surface area (Å²) >= 11 is 1.59. The summed E-state index contributed by atoms with van der Waals surface area (Å²) in [5.41, 5.74) is 0.678. The Labute approximate surface area is 164 Å². The highest BCUT2D eigenvalue weighted by molar-refractivity contribution is 7.98. The standard InChI is InChI=1S/C19H28FN3O3S/c1-2-22(13-18(24)25)16-7-10-23(11-8-16)19(26)21-9-12-27-14-15-5-3-4-6-17(15)20/h3-6,16H,2,7-14H2,1H3,(H,21,26)(H,24,25). The van der Waals surface area contributed by atoms with Crippen LogP contribution in [0.25, 0.3) is 0 Å². The predicted octanol–water partition coefficient (Wildman–Crippen LogP) is 2.64. The van der Waals surface area contributed by atoms with Crippen molar-refractivity contribution < 1.29 is 19.1 Å². The van der Waals surface area contributed by atoms with Gasteiger partial charge in [-0.3, -0.25) is 9.69 Å². The number of rotatable bonds is 9. The molecule has 1 heterocycles.